The molecule has 2 aromatic heterocycles. The Morgan fingerprint density at radius 1 is 1.14 bits per heavy atom. The van der Waals surface area contributed by atoms with E-state index >= 15 is 0 Å². The molecule has 1 fully saturated rings. The van der Waals surface area contributed by atoms with Gasteiger partial charge in [-0.25, -0.2) is 9.97 Å². The standard InChI is InChI=1S/C16H20N4O/c1-20(12-13-6-3-5-11-21-13)16-18-10-8-15(19-16)14-7-2-4-9-17-14/h2,4,7-10,13H,3,5-6,11-12H2,1H3/t13-/m0/s1. The number of likely N-dealkylation sites (N-methyl/N-ethyl adjacent to an activating group) is 1. The molecular formula is C16H20N4O. The summed E-state index contributed by atoms with van der Waals surface area (Å²) < 4.78 is 5.78. The normalized spacial score (nSPS) is 18.4. The van der Waals surface area contributed by atoms with Gasteiger partial charge in [-0.05, 0) is 37.5 Å². The molecule has 0 unspecified atom stereocenters. The maximum atomic E-state index is 5.78. The van der Waals surface area contributed by atoms with Crippen molar-refractivity contribution in [2.75, 3.05) is 25.1 Å². The van der Waals surface area contributed by atoms with Crippen LogP contribution < -0.4 is 4.90 Å². The lowest BCUT2D eigenvalue weighted by atomic mass is 10.1. The molecule has 110 valence electrons. The number of hydrogen-bond donors (Lipinski definition) is 0. The average molecular weight is 284 g/mol. The molecule has 0 radical (unpaired) electrons. The minimum atomic E-state index is 0.283. The third kappa shape index (κ3) is 3.55. The van der Waals surface area contributed by atoms with Crippen molar-refractivity contribution < 1.29 is 4.74 Å². The SMILES string of the molecule is CN(C[C@@H]1CCCCO1)c1nccc(-c2ccccn2)n1. The zero-order valence-corrected chi connectivity index (χ0v) is 12.3. The number of ether oxygens (including phenoxy) is 1. The van der Waals surface area contributed by atoms with Gasteiger partial charge in [0.25, 0.3) is 0 Å². The Morgan fingerprint density at radius 2 is 2.10 bits per heavy atom. The molecule has 5 heteroatoms. The molecule has 1 aliphatic rings. The molecule has 5 nitrogen and oxygen atoms in total. The fraction of sp³-hybridized carbons (Fsp3) is 0.438. The lowest BCUT2D eigenvalue weighted by molar-refractivity contribution is 0.0214. The Balaban J connectivity index is 1.73. The molecule has 0 aromatic carbocycles. The highest BCUT2D eigenvalue weighted by molar-refractivity contribution is 5.55. The van der Waals surface area contributed by atoms with Crippen molar-refractivity contribution in [1.82, 2.24) is 15.0 Å². The molecule has 0 aliphatic carbocycles. The molecule has 2 aromatic rings. The summed E-state index contributed by atoms with van der Waals surface area (Å²) in [4.78, 5) is 15.4. The second-order valence-electron chi connectivity index (χ2n) is 5.33. The Morgan fingerprint density at radius 3 is 2.86 bits per heavy atom. The van der Waals surface area contributed by atoms with Crippen molar-refractivity contribution in [2.24, 2.45) is 0 Å². The van der Waals surface area contributed by atoms with Gasteiger partial charge in [0.15, 0.2) is 0 Å². The lowest BCUT2D eigenvalue weighted by Crippen LogP contribution is -2.34. The van der Waals surface area contributed by atoms with E-state index in [-0.39, 0.29) is 6.10 Å². The van der Waals surface area contributed by atoms with Gasteiger partial charge in [0, 0.05) is 32.6 Å². The van der Waals surface area contributed by atoms with E-state index in [1.165, 1.54) is 12.8 Å². The van der Waals surface area contributed by atoms with Crippen LogP contribution in [-0.4, -0.2) is 41.3 Å². The van der Waals surface area contributed by atoms with E-state index in [2.05, 4.69) is 19.9 Å². The van der Waals surface area contributed by atoms with Gasteiger partial charge in [0.1, 0.15) is 0 Å². The number of anilines is 1. The van der Waals surface area contributed by atoms with Gasteiger partial charge in [-0.15, -0.1) is 0 Å². The van der Waals surface area contributed by atoms with E-state index in [9.17, 15) is 0 Å². The maximum Gasteiger partial charge on any atom is 0.225 e. The van der Waals surface area contributed by atoms with Crippen molar-refractivity contribution in [3.63, 3.8) is 0 Å². The molecule has 1 atom stereocenters. The van der Waals surface area contributed by atoms with E-state index in [1.54, 1.807) is 12.4 Å². The molecule has 0 saturated carbocycles. The lowest BCUT2D eigenvalue weighted by Gasteiger charge is -2.27. The molecule has 21 heavy (non-hydrogen) atoms. The Hall–Kier alpha value is -2.01. The minimum absolute atomic E-state index is 0.283. The summed E-state index contributed by atoms with van der Waals surface area (Å²) in [7, 11) is 2.01. The van der Waals surface area contributed by atoms with Gasteiger partial charge in [0.2, 0.25) is 5.95 Å². The van der Waals surface area contributed by atoms with Gasteiger partial charge >= 0.3 is 0 Å². The van der Waals surface area contributed by atoms with E-state index in [4.69, 9.17) is 4.74 Å². The third-order valence-electron chi connectivity index (χ3n) is 3.66. The second kappa shape index (κ2) is 6.63. The summed E-state index contributed by atoms with van der Waals surface area (Å²) in [6.45, 7) is 1.69. The smallest absolute Gasteiger partial charge is 0.225 e. The van der Waals surface area contributed by atoms with Crippen LogP contribution >= 0.6 is 0 Å². The van der Waals surface area contributed by atoms with Crippen molar-refractivity contribution in [2.45, 2.75) is 25.4 Å². The largest absolute Gasteiger partial charge is 0.376 e. The summed E-state index contributed by atoms with van der Waals surface area (Å²) in [6, 6.07) is 7.70. The molecule has 3 rings (SSSR count). The van der Waals surface area contributed by atoms with Crippen molar-refractivity contribution in [3.8, 4) is 11.4 Å². The van der Waals surface area contributed by atoms with E-state index in [1.807, 2.05) is 31.3 Å². The highest BCUT2D eigenvalue weighted by atomic mass is 16.5. The zero-order valence-electron chi connectivity index (χ0n) is 12.3. The molecule has 1 aliphatic heterocycles. The molecule has 3 heterocycles. The van der Waals surface area contributed by atoms with Crippen LogP contribution in [0.4, 0.5) is 5.95 Å². The Labute approximate surface area is 125 Å². The van der Waals surface area contributed by atoms with Gasteiger partial charge in [-0.2, -0.15) is 0 Å². The highest BCUT2D eigenvalue weighted by Crippen LogP contribution is 2.18. The van der Waals surface area contributed by atoms with E-state index < -0.39 is 0 Å². The minimum Gasteiger partial charge on any atom is -0.376 e. The fourth-order valence-corrected chi connectivity index (χ4v) is 2.53. The highest BCUT2D eigenvalue weighted by Gasteiger charge is 2.17. The third-order valence-corrected chi connectivity index (χ3v) is 3.66. The quantitative estimate of drug-likeness (QED) is 0.863. The van der Waals surface area contributed by atoms with Crippen molar-refractivity contribution >= 4 is 5.95 Å². The molecule has 0 bridgehead atoms. The van der Waals surface area contributed by atoms with Gasteiger partial charge < -0.3 is 9.64 Å². The first-order valence-corrected chi connectivity index (χ1v) is 7.40. The Bertz CT molecular complexity index is 569. The van der Waals surface area contributed by atoms with Crippen LogP contribution in [0.25, 0.3) is 11.4 Å². The van der Waals surface area contributed by atoms with Crippen LogP contribution in [0.3, 0.4) is 0 Å². The number of hydrogen-bond acceptors (Lipinski definition) is 5. The van der Waals surface area contributed by atoms with Gasteiger partial charge in [-0.1, -0.05) is 6.07 Å². The fourth-order valence-electron chi connectivity index (χ4n) is 2.53. The summed E-state index contributed by atoms with van der Waals surface area (Å²) in [5, 5.41) is 0. The molecule has 0 N–H and O–H groups in total. The van der Waals surface area contributed by atoms with Crippen LogP contribution in [0.2, 0.25) is 0 Å². The van der Waals surface area contributed by atoms with Crippen LogP contribution in [0, 0.1) is 0 Å². The van der Waals surface area contributed by atoms with Crippen LogP contribution in [0.15, 0.2) is 36.7 Å². The maximum absolute atomic E-state index is 5.78. The summed E-state index contributed by atoms with van der Waals surface area (Å²) in [6.07, 6.45) is 7.37. The number of nitrogens with zero attached hydrogens (tertiary/aromatic N) is 4. The van der Waals surface area contributed by atoms with Gasteiger partial charge in [0.05, 0.1) is 17.5 Å². The molecular weight excluding hydrogens is 264 g/mol. The monoisotopic (exact) mass is 284 g/mol. The first-order chi connectivity index (χ1) is 10.3. The molecule has 0 amide bonds. The predicted molar refractivity (Wildman–Crippen MR) is 82.1 cm³/mol. The summed E-state index contributed by atoms with van der Waals surface area (Å²) in [5.74, 6) is 0.715. The van der Waals surface area contributed by atoms with Crippen molar-refractivity contribution in [1.29, 1.82) is 0 Å². The van der Waals surface area contributed by atoms with Crippen LogP contribution in [0.1, 0.15) is 19.3 Å². The first kappa shape index (κ1) is 13.9. The summed E-state index contributed by atoms with van der Waals surface area (Å²) in [5.41, 5.74) is 1.71. The van der Waals surface area contributed by atoms with Crippen LogP contribution in [0.5, 0.6) is 0 Å². The second-order valence-corrected chi connectivity index (χ2v) is 5.33. The predicted octanol–water partition coefficient (Wildman–Crippen LogP) is 2.54. The number of rotatable bonds is 4. The topological polar surface area (TPSA) is 51.1 Å². The summed E-state index contributed by atoms with van der Waals surface area (Å²) >= 11 is 0. The zero-order chi connectivity index (χ0) is 14.5. The van der Waals surface area contributed by atoms with E-state index in [0.717, 1.165) is 31.0 Å². The molecule has 1 saturated heterocycles. The van der Waals surface area contributed by atoms with E-state index in [0.29, 0.717) is 5.95 Å². The first-order valence-electron chi connectivity index (χ1n) is 7.40. The number of pyridine rings is 1. The van der Waals surface area contributed by atoms with Crippen LogP contribution in [-0.2, 0) is 4.74 Å². The van der Waals surface area contributed by atoms with Gasteiger partial charge in [-0.3, -0.25) is 4.98 Å². The average Bonchev–Trinajstić information content (AvgIpc) is 2.57. The molecule has 0 spiro atoms. The Kier molecular flexibility index (Phi) is 4.40. The van der Waals surface area contributed by atoms with Crippen molar-refractivity contribution in [3.05, 3.63) is 36.7 Å². The number of aromatic nitrogens is 3.